The van der Waals surface area contributed by atoms with Gasteiger partial charge >= 0.3 is 0 Å². The minimum atomic E-state index is -3.62. The molecule has 9 rings (SSSR count). The number of thiophene rings is 2. The molecule has 5 heterocycles. The van der Waals surface area contributed by atoms with Crippen LogP contribution in [0.4, 0.5) is 0 Å². The average Bonchev–Trinajstić information content (AvgIpc) is 4.19. The highest BCUT2D eigenvalue weighted by atomic mass is 35.5. The van der Waals surface area contributed by atoms with Crippen molar-refractivity contribution in [1.82, 2.24) is 34.3 Å². The molecule has 0 radical (unpaired) electrons. The van der Waals surface area contributed by atoms with Crippen LogP contribution in [0.25, 0.3) is 11.3 Å². The lowest BCUT2D eigenvalue weighted by atomic mass is 9.94. The van der Waals surface area contributed by atoms with Gasteiger partial charge in [0.2, 0.25) is 0 Å². The molecule has 378 valence electrons. The monoisotopic (exact) mass is 1130 g/mol. The van der Waals surface area contributed by atoms with E-state index in [4.69, 9.17) is 46.4 Å². The number of rotatable bonds is 15. The van der Waals surface area contributed by atoms with Gasteiger partial charge in [0, 0.05) is 91.9 Å². The standard InChI is InChI=1S/C26H23Cl3N4O3S2.C25H28ClN3O3S2/c27-18-3-1-17(2-4-18)26(34)30-15-20-6-8-25(37-20)38(35,36)33-11-9-16(10-12-33)23-14-24(32-31-23)21-7-5-19(28)13-22(21)29;1-28(18-19-5-3-2-4-6-19)22-13-15-29(16-14-22)34(31,32)24-12-11-23(33-24)17-27-25(30)20-7-9-21(26)10-8-20/h1-8,13-14,16H,9-12,15H2,(H,30,34)(H,31,32);2-12,22H,13-18H2,1H3,(H,27,30). The smallest absolute Gasteiger partial charge is 0.252 e. The average molecular weight is 1130 g/mol. The number of halogens is 4. The highest BCUT2D eigenvalue weighted by Crippen LogP contribution is 2.36. The van der Waals surface area contributed by atoms with Crippen LogP contribution >= 0.6 is 69.1 Å². The van der Waals surface area contributed by atoms with Gasteiger partial charge in [-0.15, -0.1) is 22.7 Å². The summed E-state index contributed by atoms with van der Waals surface area (Å²) in [6, 6.07) is 37.9. The van der Waals surface area contributed by atoms with E-state index >= 15 is 0 Å². The number of aromatic nitrogens is 2. The number of H-pyrrole nitrogens is 1. The van der Waals surface area contributed by atoms with Crippen molar-refractivity contribution in [3.63, 3.8) is 0 Å². The summed E-state index contributed by atoms with van der Waals surface area (Å²) < 4.78 is 56.6. The topological polar surface area (TPSA) is 165 Å². The highest BCUT2D eigenvalue weighted by molar-refractivity contribution is 7.91. The minimum Gasteiger partial charge on any atom is -0.347 e. The molecule has 4 aromatic carbocycles. The number of nitrogens with one attached hydrogen (secondary N) is 3. The van der Waals surface area contributed by atoms with Gasteiger partial charge in [0.15, 0.2) is 0 Å². The van der Waals surface area contributed by atoms with E-state index in [1.807, 2.05) is 30.3 Å². The first-order valence-electron chi connectivity index (χ1n) is 23.0. The molecule has 7 aromatic rings. The van der Waals surface area contributed by atoms with E-state index in [1.54, 1.807) is 89.2 Å². The zero-order valence-corrected chi connectivity index (χ0v) is 45.2. The van der Waals surface area contributed by atoms with Crippen LogP contribution in [0.5, 0.6) is 0 Å². The van der Waals surface area contributed by atoms with Gasteiger partial charge in [-0.3, -0.25) is 19.6 Å². The fourth-order valence-corrected chi connectivity index (χ4v) is 15.1. The van der Waals surface area contributed by atoms with E-state index in [9.17, 15) is 26.4 Å². The SMILES string of the molecule is CN(Cc1ccccc1)C1CCN(S(=O)(=O)c2ccc(CNC(=O)c3ccc(Cl)cc3)s2)CC1.O=C(NCc1ccc(S(=O)(=O)N2CCC(c3cc(-c4ccc(Cl)cc4Cl)n[nH]3)CC2)s1)c1ccc(Cl)cc1. The first kappa shape index (κ1) is 53.7. The van der Waals surface area contributed by atoms with Crippen molar-refractivity contribution < 1.29 is 26.4 Å². The first-order chi connectivity index (χ1) is 34.5. The third kappa shape index (κ3) is 13.6. The van der Waals surface area contributed by atoms with Crippen molar-refractivity contribution in [3.05, 3.63) is 180 Å². The molecule has 3 aromatic heterocycles. The Bertz CT molecular complexity index is 3190. The van der Waals surface area contributed by atoms with Crippen molar-refractivity contribution in [1.29, 1.82) is 0 Å². The molecule has 2 amide bonds. The molecule has 0 saturated carbocycles. The number of piperidine rings is 2. The van der Waals surface area contributed by atoms with Crippen LogP contribution in [0.15, 0.2) is 136 Å². The van der Waals surface area contributed by atoms with Gasteiger partial charge in [-0.25, -0.2) is 16.8 Å². The molecule has 2 fully saturated rings. The fraction of sp³-hybridized carbons (Fsp3) is 0.275. The van der Waals surface area contributed by atoms with Crippen LogP contribution in [0, 0.1) is 0 Å². The Morgan fingerprint density at radius 3 is 1.62 bits per heavy atom. The van der Waals surface area contributed by atoms with Crippen LogP contribution in [0.2, 0.25) is 20.1 Å². The van der Waals surface area contributed by atoms with Crippen LogP contribution in [-0.4, -0.2) is 91.6 Å². The largest absolute Gasteiger partial charge is 0.347 e. The van der Waals surface area contributed by atoms with Crippen LogP contribution in [-0.2, 0) is 39.7 Å². The van der Waals surface area contributed by atoms with Crippen molar-refractivity contribution in [2.75, 3.05) is 33.2 Å². The molecule has 0 bridgehead atoms. The number of carbonyl (C=O) groups is 2. The zero-order valence-electron chi connectivity index (χ0n) is 38.9. The van der Waals surface area contributed by atoms with Crippen molar-refractivity contribution in [3.8, 4) is 11.3 Å². The molecular weight excluding hydrogens is 1080 g/mol. The summed E-state index contributed by atoms with van der Waals surface area (Å²) >= 11 is 26.4. The lowest BCUT2D eigenvalue weighted by Crippen LogP contribution is -2.45. The maximum Gasteiger partial charge on any atom is 0.252 e. The fourth-order valence-electron chi connectivity index (χ4n) is 8.49. The second-order valence-electron chi connectivity index (χ2n) is 17.4. The van der Waals surface area contributed by atoms with E-state index in [2.05, 4.69) is 44.9 Å². The van der Waals surface area contributed by atoms with Gasteiger partial charge < -0.3 is 10.6 Å². The number of carbonyl (C=O) groups excluding carboxylic acids is 2. The third-order valence-corrected chi connectivity index (χ3v) is 20.5. The summed E-state index contributed by atoms with van der Waals surface area (Å²) in [4.78, 5) is 28.5. The van der Waals surface area contributed by atoms with Crippen molar-refractivity contribution >= 4 is 101 Å². The molecule has 0 atom stereocenters. The van der Waals surface area contributed by atoms with E-state index in [0.717, 1.165) is 46.1 Å². The van der Waals surface area contributed by atoms with E-state index in [1.165, 1.54) is 32.5 Å². The molecule has 2 aliphatic rings. The Morgan fingerprint density at radius 2 is 1.12 bits per heavy atom. The predicted octanol–water partition coefficient (Wildman–Crippen LogP) is 11.2. The summed E-state index contributed by atoms with van der Waals surface area (Å²) in [6.45, 7) is 3.19. The van der Waals surface area contributed by atoms with Crippen LogP contribution in [0.3, 0.4) is 0 Å². The number of amides is 2. The molecule has 0 spiro atoms. The van der Waals surface area contributed by atoms with Crippen LogP contribution < -0.4 is 10.6 Å². The van der Waals surface area contributed by atoms with Crippen LogP contribution in [0.1, 0.15) is 73.3 Å². The maximum absolute atomic E-state index is 13.3. The van der Waals surface area contributed by atoms with E-state index in [-0.39, 0.29) is 35.0 Å². The molecule has 2 aliphatic heterocycles. The first-order valence-corrected chi connectivity index (χ1v) is 29.1. The molecule has 72 heavy (non-hydrogen) atoms. The summed E-state index contributed by atoms with van der Waals surface area (Å²) in [6.07, 6.45) is 2.95. The Morgan fingerprint density at radius 1 is 0.639 bits per heavy atom. The van der Waals surface area contributed by atoms with E-state index in [0.29, 0.717) is 80.5 Å². The van der Waals surface area contributed by atoms with Gasteiger partial charge in [-0.2, -0.15) is 13.7 Å². The number of nitrogens with zero attached hydrogens (tertiary/aromatic N) is 4. The molecule has 13 nitrogen and oxygen atoms in total. The molecular formula is C51H51Cl4N7O6S4. The van der Waals surface area contributed by atoms with Gasteiger partial charge in [-0.05, 0) is 135 Å². The van der Waals surface area contributed by atoms with Gasteiger partial charge in [0.05, 0.1) is 23.8 Å². The number of hydrogen-bond acceptors (Lipinski definition) is 10. The lowest BCUT2D eigenvalue weighted by molar-refractivity contribution is 0.0943. The Hall–Kier alpha value is -4.63. The molecule has 3 N–H and O–H groups in total. The molecule has 2 saturated heterocycles. The summed E-state index contributed by atoms with van der Waals surface area (Å²) in [5.74, 6) is -0.311. The second kappa shape index (κ2) is 24.1. The van der Waals surface area contributed by atoms with Crippen molar-refractivity contribution in [2.24, 2.45) is 0 Å². The number of sulfonamides is 2. The minimum absolute atomic E-state index is 0.163. The van der Waals surface area contributed by atoms with Gasteiger partial charge in [0.1, 0.15) is 8.42 Å². The molecule has 0 unspecified atom stereocenters. The predicted molar refractivity (Wildman–Crippen MR) is 288 cm³/mol. The Kier molecular flexibility index (Phi) is 18.0. The van der Waals surface area contributed by atoms with E-state index < -0.39 is 20.0 Å². The second-order valence-corrected chi connectivity index (χ2v) is 25.8. The lowest BCUT2D eigenvalue weighted by Gasteiger charge is -2.36. The maximum atomic E-state index is 13.3. The number of benzene rings is 4. The van der Waals surface area contributed by atoms with Gasteiger partial charge in [-0.1, -0.05) is 76.7 Å². The highest BCUT2D eigenvalue weighted by Gasteiger charge is 2.33. The molecule has 21 heteroatoms. The normalized spacial score (nSPS) is 15.2. The summed E-state index contributed by atoms with van der Waals surface area (Å²) in [5.41, 5.74) is 4.73. The number of hydrogen-bond donors (Lipinski definition) is 3. The quantitative estimate of drug-likeness (QED) is 0.0913. The molecule has 0 aliphatic carbocycles. The Balaban J connectivity index is 0.000000194. The third-order valence-electron chi connectivity index (χ3n) is 12.5. The summed E-state index contributed by atoms with van der Waals surface area (Å²) in [7, 11) is -5.06. The Labute approximate surface area is 448 Å². The van der Waals surface area contributed by atoms with Crippen molar-refractivity contribution in [2.45, 2.75) is 65.7 Å². The summed E-state index contributed by atoms with van der Waals surface area (Å²) in [5, 5.41) is 15.3. The number of aromatic amines is 1. The zero-order chi connectivity index (χ0) is 51.0. The van der Waals surface area contributed by atoms with Gasteiger partial charge in [0.25, 0.3) is 31.9 Å².